The average Bonchev–Trinajstić information content (AvgIpc) is 2.30. The van der Waals surface area contributed by atoms with Crippen molar-refractivity contribution < 1.29 is 4.79 Å². The van der Waals surface area contributed by atoms with Gasteiger partial charge in [0.05, 0.1) is 11.9 Å². The quantitative estimate of drug-likeness (QED) is 0.586. The van der Waals surface area contributed by atoms with Crippen molar-refractivity contribution in [1.29, 1.82) is 0 Å². The van der Waals surface area contributed by atoms with Gasteiger partial charge in [0, 0.05) is 16.8 Å². The Morgan fingerprint density at radius 1 is 1.19 bits per heavy atom. The van der Waals surface area contributed by atoms with Crippen molar-refractivity contribution in [2.75, 3.05) is 0 Å². The molecule has 2 aromatic rings. The Bertz CT molecular complexity index is 562. The normalized spacial score (nSPS) is 9.56. The van der Waals surface area contributed by atoms with E-state index in [-0.39, 0.29) is 0 Å². The van der Waals surface area contributed by atoms with E-state index in [4.69, 9.17) is 11.6 Å². The number of isocyanates is 1. The summed E-state index contributed by atoms with van der Waals surface area (Å²) in [4.78, 5) is 17.6. The van der Waals surface area contributed by atoms with E-state index in [9.17, 15) is 4.79 Å². The Morgan fingerprint density at radius 3 is 2.81 bits per heavy atom. The van der Waals surface area contributed by atoms with Crippen molar-refractivity contribution in [3.05, 3.63) is 47.7 Å². The van der Waals surface area contributed by atoms with E-state index in [0.717, 1.165) is 11.1 Å². The molecule has 0 bridgehead atoms. The molecule has 2 rings (SSSR count). The van der Waals surface area contributed by atoms with Gasteiger partial charge in [0.15, 0.2) is 0 Å². The molecule has 0 fully saturated rings. The molecule has 4 heteroatoms. The first-order valence-corrected chi connectivity index (χ1v) is 4.96. The first-order valence-electron chi connectivity index (χ1n) is 4.58. The summed E-state index contributed by atoms with van der Waals surface area (Å²) in [5.41, 5.74) is 2.27. The minimum atomic E-state index is 0.479. The second-order valence-electron chi connectivity index (χ2n) is 3.15. The number of hydrogen-bond donors (Lipinski definition) is 0. The lowest BCUT2D eigenvalue weighted by Gasteiger charge is -2.01. The minimum absolute atomic E-state index is 0.479. The van der Waals surface area contributed by atoms with E-state index in [0.29, 0.717) is 10.7 Å². The van der Waals surface area contributed by atoms with Crippen molar-refractivity contribution in [2.45, 2.75) is 0 Å². The highest BCUT2D eigenvalue weighted by atomic mass is 35.5. The van der Waals surface area contributed by atoms with Gasteiger partial charge >= 0.3 is 0 Å². The maximum atomic E-state index is 10.1. The molecule has 3 nitrogen and oxygen atoms in total. The number of pyridine rings is 1. The molecule has 1 aromatic heterocycles. The summed E-state index contributed by atoms with van der Waals surface area (Å²) in [6.45, 7) is 0. The van der Waals surface area contributed by atoms with Crippen molar-refractivity contribution >= 4 is 23.4 Å². The van der Waals surface area contributed by atoms with Crippen LogP contribution < -0.4 is 0 Å². The number of halogens is 1. The number of aromatic nitrogens is 1. The Hall–Kier alpha value is -1.96. The van der Waals surface area contributed by atoms with Gasteiger partial charge in [-0.3, -0.25) is 4.98 Å². The smallest absolute Gasteiger partial charge is 0.240 e. The van der Waals surface area contributed by atoms with Gasteiger partial charge in [-0.2, -0.15) is 4.99 Å². The van der Waals surface area contributed by atoms with E-state index in [1.807, 2.05) is 18.2 Å². The Labute approximate surface area is 97.4 Å². The summed E-state index contributed by atoms with van der Waals surface area (Å²) < 4.78 is 0. The van der Waals surface area contributed by atoms with Gasteiger partial charge in [-0.05, 0) is 23.8 Å². The van der Waals surface area contributed by atoms with E-state index in [2.05, 4.69) is 9.98 Å². The maximum Gasteiger partial charge on any atom is 0.240 e. The van der Waals surface area contributed by atoms with Crippen molar-refractivity contribution in [3.8, 4) is 11.1 Å². The van der Waals surface area contributed by atoms with Crippen LogP contribution in [0.5, 0.6) is 0 Å². The van der Waals surface area contributed by atoms with Crippen LogP contribution in [-0.2, 0) is 4.79 Å². The third-order valence-corrected chi connectivity index (χ3v) is 2.29. The average molecular weight is 231 g/mol. The lowest BCUT2D eigenvalue weighted by Crippen LogP contribution is -1.79. The highest BCUT2D eigenvalue weighted by Crippen LogP contribution is 2.24. The van der Waals surface area contributed by atoms with Gasteiger partial charge < -0.3 is 0 Å². The third kappa shape index (κ3) is 2.34. The molecule has 0 amide bonds. The van der Waals surface area contributed by atoms with Gasteiger partial charge in [-0.25, -0.2) is 4.79 Å². The van der Waals surface area contributed by atoms with Crippen molar-refractivity contribution in [3.63, 3.8) is 0 Å². The molecular weight excluding hydrogens is 224 g/mol. The van der Waals surface area contributed by atoms with Crippen molar-refractivity contribution in [2.24, 2.45) is 4.99 Å². The Balaban J connectivity index is 2.48. The summed E-state index contributed by atoms with van der Waals surface area (Å²) in [7, 11) is 0. The monoisotopic (exact) mass is 230 g/mol. The lowest BCUT2D eigenvalue weighted by molar-refractivity contribution is 0.565. The van der Waals surface area contributed by atoms with E-state index in [1.54, 1.807) is 18.3 Å². The molecule has 0 saturated heterocycles. The molecule has 0 saturated carbocycles. The fraction of sp³-hybridized carbons (Fsp3) is 0. The van der Waals surface area contributed by atoms with Gasteiger partial charge in [0.2, 0.25) is 6.08 Å². The van der Waals surface area contributed by atoms with Gasteiger partial charge in [-0.1, -0.05) is 23.7 Å². The number of benzene rings is 1. The van der Waals surface area contributed by atoms with Gasteiger partial charge in [0.25, 0.3) is 0 Å². The number of hydrogen-bond acceptors (Lipinski definition) is 3. The lowest BCUT2D eigenvalue weighted by atomic mass is 10.1. The third-order valence-electron chi connectivity index (χ3n) is 2.06. The predicted molar refractivity (Wildman–Crippen MR) is 62.5 cm³/mol. The van der Waals surface area contributed by atoms with Gasteiger partial charge in [-0.15, -0.1) is 0 Å². The number of carbonyl (C=O) groups excluding carboxylic acids is 1. The van der Waals surface area contributed by atoms with Crippen LogP contribution in [0, 0.1) is 0 Å². The molecule has 0 aliphatic heterocycles. The minimum Gasteiger partial charge on any atom is -0.262 e. The fourth-order valence-electron chi connectivity index (χ4n) is 1.37. The summed E-state index contributed by atoms with van der Waals surface area (Å²) in [5.74, 6) is 0. The SMILES string of the molecule is O=C=Nc1cncc(-c2cccc(Cl)c2)c1. The Kier molecular flexibility index (Phi) is 3.10. The summed E-state index contributed by atoms with van der Waals surface area (Å²) in [6.07, 6.45) is 4.67. The second-order valence-corrected chi connectivity index (χ2v) is 3.58. The molecule has 0 aliphatic rings. The van der Waals surface area contributed by atoms with Crippen LogP contribution in [0.15, 0.2) is 47.7 Å². The summed E-state index contributed by atoms with van der Waals surface area (Å²) in [5, 5.41) is 0.654. The van der Waals surface area contributed by atoms with Crippen LogP contribution >= 0.6 is 11.6 Å². The van der Waals surface area contributed by atoms with Crippen LogP contribution in [0.4, 0.5) is 5.69 Å². The summed E-state index contributed by atoms with van der Waals surface area (Å²) in [6, 6.07) is 9.15. The van der Waals surface area contributed by atoms with Crippen LogP contribution in [0.25, 0.3) is 11.1 Å². The van der Waals surface area contributed by atoms with Crippen LogP contribution in [-0.4, -0.2) is 11.1 Å². The first-order chi connectivity index (χ1) is 7.79. The number of nitrogens with zero attached hydrogens (tertiary/aromatic N) is 2. The van der Waals surface area contributed by atoms with E-state index >= 15 is 0 Å². The highest BCUT2D eigenvalue weighted by Gasteiger charge is 2.00. The first kappa shape index (κ1) is 10.6. The zero-order valence-corrected chi connectivity index (χ0v) is 8.98. The molecule has 0 radical (unpaired) electrons. The largest absolute Gasteiger partial charge is 0.262 e. The fourth-order valence-corrected chi connectivity index (χ4v) is 1.56. The zero-order chi connectivity index (χ0) is 11.4. The molecule has 0 aliphatic carbocycles. The van der Waals surface area contributed by atoms with E-state index in [1.165, 1.54) is 12.3 Å². The topological polar surface area (TPSA) is 42.3 Å². The second kappa shape index (κ2) is 4.71. The molecule has 16 heavy (non-hydrogen) atoms. The standard InChI is InChI=1S/C12H7ClN2O/c13-11-3-1-2-9(4-11)10-5-12(15-8-16)7-14-6-10/h1-7H. The predicted octanol–water partition coefficient (Wildman–Crippen LogP) is 3.37. The van der Waals surface area contributed by atoms with Crippen LogP contribution in [0.1, 0.15) is 0 Å². The molecule has 1 heterocycles. The molecular formula is C12H7ClN2O. The van der Waals surface area contributed by atoms with Gasteiger partial charge in [0.1, 0.15) is 0 Å². The number of aliphatic imine (C=N–C) groups is 1. The van der Waals surface area contributed by atoms with Crippen LogP contribution in [0.2, 0.25) is 5.02 Å². The Morgan fingerprint density at radius 2 is 2.06 bits per heavy atom. The zero-order valence-electron chi connectivity index (χ0n) is 8.22. The molecule has 1 aromatic carbocycles. The molecule has 0 spiro atoms. The van der Waals surface area contributed by atoms with Crippen LogP contribution in [0.3, 0.4) is 0 Å². The highest BCUT2D eigenvalue weighted by molar-refractivity contribution is 6.30. The molecule has 78 valence electrons. The van der Waals surface area contributed by atoms with E-state index < -0.39 is 0 Å². The van der Waals surface area contributed by atoms with Crippen molar-refractivity contribution in [1.82, 2.24) is 4.98 Å². The summed E-state index contributed by atoms with van der Waals surface area (Å²) >= 11 is 5.89. The molecule has 0 N–H and O–H groups in total. The molecule has 0 unspecified atom stereocenters. The molecule has 0 atom stereocenters. The maximum absolute atomic E-state index is 10.1. The number of rotatable bonds is 2.